The predicted octanol–water partition coefficient (Wildman–Crippen LogP) is -0.310. The molecule has 0 aliphatic carbocycles. The number of nitrogens with one attached hydrogen (secondary N) is 1. The van der Waals surface area contributed by atoms with Gasteiger partial charge in [0.05, 0.1) is 13.0 Å². The Morgan fingerprint density at radius 1 is 1.30 bits per heavy atom. The first-order valence-corrected chi connectivity index (χ1v) is 6.84. The first-order chi connectivity index (χ1) is 9.66. The van der Waals surface area contributed by atoms with E-state index in [-0.39, 0.29) is 24.9 Å². The number of rotatable bonds is 5. The molecule has 1 aromatic rings. The quantitative estimate of drug-likeness (QED) is 0.772. The van der Waals surface area contributed by atoms with Gasteiger partial charge in [0.25, 0.3) is 0 Å². The van der Waals surface area contributed by atoms with Crippen LogP contribution < -0.4 is 11.1 Å². The normalized spacial score (nSPS) is 15.8. The highest BCUT2D eigenvalue weighted by Gasteiger charge is 2.26. The van der Waals surface area contributed by atoms with Gasteiger partial charge in [-0.25, -0.2) is 0 Å². The second-order valence-corrected chi connectivity index (χ2v) is 5.00. The number of hydrogen-bond donors (Lipinski definition) is 2. The number of primary amides is 1. The summed E-state index contributed by atoms with van der Waals surface area (Å²) < 4.78 is 0. The smallest absolute Gasteiger partial charge is 0.237 e. The van der Waals surface area contributed by atoms with Crippen LogP contribution in [0.3, 0.4) is 0 Å². The third-order valence-electron chi connectivity index (χ3n) is 3.50. The average Bonchev–Trinajstić information content (AvgIpc) is 2.46. The number of nitrogens with two attached hydrogens (primary N) is 1. The largest absolute Gasteiger partial charge is 0.368 e. The number of amides is 2. The molecular weight excluding hydrogens is 256 g/mol. The predicted molar refractivity (Wildman–Crippen MR) is 74.7 cm³/mol. The van der Waals surface area contributed by atoms with Crippen LogP contribution in [-0.2, 0) is 16.0 Å². The van der Waals surface area contributed by atoms with E-state index >= 15 is 0 Å². The van der Waals surface area contributed by atoms with E-state index in [0.717, 1.165) is 31.5 Å². The Balaban J connectivity index is 2.05. The Morgan fingerprint density at radius 2 is 1.95 bits per heavy atom. The molecule has 2 rings (SSSR count). The highest BCUT2D eigenvalue weighted by Crippen LogP contribution is 2.13. The van der Waals surface area contributed by atoms with Gasteiger partial charge in [0.1, 0.15) is 0 Å². The van der Waals surface area contributed by atoms with Crippen molar-refractivity contribution in [1.82, 2.24) is 15.2 Å². The van der Waals surface area contributed by atoms with E-state index in [0.29, 0.717) is 0 Å². The van der Waals surface area contributed by atoms with Crippen molar-refractivity contribution in [2.24, 2.45) is 5.73 Å². The monoisotopic (exact) mass is 276 g/mol. The van der Waals surface area contributed by atoms with Gasteiger partial charge in [-0.05, 0) is 43.6 Å². The van der Waals surface area contributed by atoms with Gasteiger partial charge in [-0.1, -0.05) is 0 Å². The summed E-state index contributed by atoms with van der Waals surface area (Å²) in [5, 5.41) is 3.25. The molecule has 0 saturated carbocycles. The topological polar surface area (TPSA) is 88.3 Å². The fourth-order valence-electron chi connectivity index (χ4n) is 2.48. The highest BCUT2D eigenvalue weighted by atomic mass is 16.2. The van der Waals surface area contributed by atoms with E-state index < -0.39 is 5.91 Å². The number of carbonyl (C=O) groups is 2. The summed E-state index contributed by atoms with van der Waals surface area (Å²) in [4.78, 5) is 29.2. The molecule has 2 heterocycles. The van der Waals surface area contributed by atoms with E-state index in [2.05, 4.69) is 10.3 Å². The molecule has 0 unspecified atom stereocenters. The third-order valence-corrected chi connectivity index (χ3v) is 3.50. The lowest BCUT2D eigenvalue weighted by atomic mass is 10.0. The van der Waals surface area contributed by atoms with Gasteiger partial charge in [0, 0.05) is 18.4 Å². The Bertz CT molecular complexity index is 458. The minimum Gasteiger partial charge on any atom is -0.368 e. The van der Waals surface area contributed by atoms with Gasteiger partial charge in [0.2, 0.25) is 11.8 Å². The van der Waals surface area contributed by atoms with Gasteiger partial charge in [-0.2, -0.15) is 0 Å². The van der Waals surface area contributed by atoms with Gasteiger partial charge in [-0.3, -0.25) is 14.6 Å². The fraction of sp³-hybridized carbons (Fsp3) is 0.500. The number of piperidine rings is 1. The molecule has 1 aliphatic rings. The average molecular weight is 276 g/mol. The van der Waals surface area contributed by atoms with E-state index in [1.165, 1.54) is 0 Å². The molecule has 1 aliphatic heterocycles. The summed E-state index contributed by atoms with van der Waals surface area (Å²) >= 11 is 0. The van der Waals surface area contributed by atoms with E-state index in [1.54, 1.807) is 17.3 Å². The standard InChI is InChI=1S/C14H20N4O2/c15-13(19)10-18(12-3-7-17-8-4-12)14(20)9-11-1-5-16-6-2-11/h1-2,5-6,12,17H,3-4,7-10H2,(H2,15,19). The first-order valence-electron chi connectivity index (χ1n) is 6.84. The Hall–Kier alpha value is -1.95. The number of pyridine rings is 1. The molecule has 0 aromatic carbocycles. The van der Waals surface area contributed by atoms with Crippen LogP contribution in [0.5, 0.6) is 0 Å². The fourth-order valence-corrected chi connectivity index (χ4v) is 2.48. The van der Waals surface area contributed by atoms with Crippen LogP contribution in [-0.4, -0.2) is 47.4 Å². The second kappa shape index (κ2) is 7.00. The molecule has 3 N–H and O–H groups in total. The number of carbonyl (C=O) groups excluding carboxylic acids is 2. The maximum Gasteiger partial charge on any atom is 0.237 e. The Labute approximate surface area is 118 Å². The van der Waals surface area contributed by atoms with Crippen LogP contribution in [0, 0.1) is 0 Å². The van der Waals surface area contributed by atoms with E-state index in [1.807, 2.05) is 12.1 Å². The lowest BCUT2D eigenvalue weighted by Gasteiger charge is -2.34. The van der Waals surface area contributed by atoms with Crippen LogP contribution in [0.1, 0.15) is 18.4 Å². The van der Waals surface area contributed by atoms with Crippen molar-refractivity contribution in [2.45, 2.75) is 25.3 Å². The molecular formula is C14H20N4O2. The molecule has 2 amide bonds. The lowest BCUT2D eigenvalue weighted by molar-refractivity contribution is -0.137. The molecule has 108 valence electrons. The molecule has 1 aromatic heterocycles. The van der Waals surface area contributed by atoms with Crippen LogP contribution >= 0.6 is 0 Å². The van der Waals surface area contributed by atoms with Gasteiger partial charge in [0.15, 0.2) is 0 Å². The molecule has 20 heavy (non-hydrogen) atoms. The van der Waals surface area contributed by atoms with E-state index in [4.69, 9.17) is 5.73 Å². The molecule has 0 radical (unpaired) electrons. The van der Waals surface area contributed by atoms with Crippen molar-refractivity contribution in [3.05, 3.63) is 30.1 Å². The van der Waals surface area contributed by atoms with Gasteiger partial charge in [-0.15, -0.1) is 0 Å². The van der Waals surface area contributed by atoms with Crippen molar-refractivity contribution in [1.29, 1.82) is 0 Å². The molecule has 1 saturated heterocycles. The molecule has 0 spiro atoms. The zero-order valence-corrected chi connectivity index (χ0v) is 11.4. The van der Waals surface area contributed by atoms with Crippen molar-refractivity contribution in [3.8, 4) is 0 Å². The van der Waals surface area contributed by atoms with Crippen LogP contribution in [0.2, 0.25) is 0 Å². The van der Waals surface area contributed by atoms with Crippen LogP contribution in [0.25, 0.3) is 0 Å². The molecule has 6 heteroatoms. The second-order valence-electron chi connectivity index (χ2n) is 5.00. The maximum atomic E-state index is 12.4. The lowest BCUT2D eigenvalue weighted by Crippen LogP contribution is -2.49. The number of nitrogens with zero attached hydrogens (tertiary/aromatic N) is 2. The summed E-state index contributed by atoms with van der Waals surface area (Å²) in [5.74, 6) is -0.520. The zero-order chi connectivity index (χ0) is 14.4. The first kappa shape index (κ1) is 14.5. The molecule has 0 bridgehead atoms. The summed E-state index contributed by atoms with van der Waals surface area (Å²) in [5.41, 5.74) is 6.17. The minimum atomic E-state index is -0.466. The van der Waals surface area contributed by atoms with Gasteiger partial charge >= 0.3 is 0 Å². The van der Waals surface area contributed by atoms with Crippen molar-refractivity contribution in [3.63, 3.8) is 0 Å². The van der Waals surface area contributed by atoms with Crippen LogP contribution in [0.15, 0.2) is 24.5 Å². The summed E-state index contributed by atoms with van der Waals surface area (Å²) in [6, 6.07) is 3.71. The summed E-state index contributed by atoms with van der Waals surface area (Å²) in [6.07, 6.45) is 5.31. The van der Waals surface area contributed by atoms with Crippen molar-refractivity contribution >= 4 is 11.8 Å². The summed E-state index contributed by atoms with van der Waals surface area (Å²) in [6.45, 7) is 1.72. The van der Waals surface area contributed by atoms with Crippen LogP contribution in [0.4, 0.5) is 0 Å². The minimum absolute atomic E-state index is 0.00537. The Morgan fingerprint density at radius 3 is 2.55 bits per heavy atom. The summed E-state index contributed by atoms with van der Waals surface area (Å²) in [7, 11) is 0. The molecule has 0 atom stereocenters. The molecule has 1 fully saturated rings. The van der Waals surface area contributed by atoms with Gasteiger partial charge < -0.3 is 16.0 Å². The highest BCUT2D eigenvalue weighted by molar-refractivity contribution is 5.85. The molecule has 6 nitrogen and oxygen atoms in total. The number of aromatic nitrogens is 1. The maximum absolute atomic E-state index is 12.4. The number of hydrogen-bond acceptors (Lipinski definition) is 4. The van der Waals surface area contributed by atoms with E-state index in [9.17, 15) is 9.59 Å². The van der Waals surface area contributed by atoms with Crippen molar-refractivity contribution < 1.29 is 9.59 Å². The zero-order valence-electron chi connectivity index (χ0n) is 11.4. The Kier molecular flexibility index (Phi) is 5.06. The SMILES string of the molecule is NC(=O)CN(C(=O)Cc1ccncc1)C1CCNCC1. The third kappa shape index (κ3) is 4.03. The van der Waals surface area contributed by atoms with Crippen molar-refractivity contribution in [2.75, 3.05) is 19.6 Å².